The summed E-state index contributed by atoms with van der Waals surface area (Å²) < 4.78 is 35.5. The Morgan fingerprint density at radius 1 is 0.410 bits per heavy atom. The molecule has 0 atom stereocenters. The minimum Gasteiger partial charge on any atom is -0.482 e. The quantitative estimate of drug-likeness (QED) is 0.0702. The Hall–Kier alpha value is -4.18. The van der Waals surface area contributed by atoms with Crippen LogP contribution < -0.4 is 14.2 Å². The van der Waals surface area contributed by atoms with E-state index in [0.717, 1.165) is 53.2 Å². The Morgan fingerprint density at radius 2 is 0.639 bits per heavy atom. The van der Waals surface area contributed by atoms with Crippen LogP contribution in [0.4, 0.5) is 0 Å². The molecule has 3 aliphatic rings. The van der Waals surface area contributed by atoms with E-state index in [0.29, 0.717) is 35.0 Å². The van der Waals surface area contributed by atoms with E-state index in [1.54, 1.807) is 0 Å². The Kier molecular flexibility index (Phi) is 16.1. The first-order valence-corrected chi connectivity index (χ1v) is 24.0. The van der Waals surface area contributed by atoms with E-state index in [1.807, 2.05) is 114 Å². The summed E-state index contributed by atoms with van der Waals surface area (Å²) in [6, 6.07) is 23.4. The highest BCUT2D eigenvalue weighted by Gasteiger charge is 2.37. The summed E-state index contributed by atoms with van der Waals surface area (Å²) in [5, 5.41) is 0. The summed E-state index contributed by atoms with van der Waals surface area (Å²) in [6.45, 7) is 11.6. The van der Waals surface area contributed by atoms with Crippen molar-refractivity contribution in [3.63, 3.8) is 0 Å². The van der Waals surface area contributed by atoms with E-state index < -0.39 is 27.7 Å². The number of hydrogen-bond acceptors (Lipinski definition) is 9. The summed E-state index contributed by atoms with van der Waals surface area (Å²) >= 11 is 0. The Labute approximate surface area is 367 Å². The number of carbonyl (C=O) groups is 3. The van der Waals surface area contributed by atoms with Crippen molar-refractivity contribution in [2.45, 2.75) is 169 Å². The molecule has 0 unspecified atom stereocenters. The van der Waals surface area contributed by atoms with Crippen LogP contribution in [0.1, 0.15) is 138 Å². The topological polar surface area (TPSA) is 107 Å². The van der Waals surface area contributed by atoms with Crippen molar-refractivity contribution in [3.8, 4) is 17.2 Å². The number of rotatable bonds is 18. The molecule has 61 heavy (non-hydrogen) atoms. The second-order valence-electron chi connectivity index (χ2n) is 18.8. The molecule has 0 aliphatic heterocycles. The van der Waals surface area contributed by atoms with Gasteiger partial charge in [-0.2, -0.15) is 0 Å². The van der Waals surface area contributed by atoms with Crippen molar-refractivity contribution in [2.24, 2.45) is 17.8 Å². The highest BCUT2D eigenvalue weighted by Crippen LogP contribution is 2.38. The first kappa shape index (κ1) is 46.3. The van der Waals surface area contributed by atoms with Crippen LogP contribution in [0.5, 0.6) is 17.2 Å². The lowest BCUT2D eigenvalue weighted by molar-refractivity contribution is -0.166. The second-order valence-corrected chi connectivity index (χ2v) is 20.9. The number of hydrogen-bond donors (Lipinski definition) is 0. The Bertz CT molecular complexity index is 1630. The van der Waals surface area contributed by atoms with Gasteiger partial charge in [0.2, 0.25) is 0 Å². The zero-order chi connectivity index (χ0) is 43.5. The molecule has 332 valence electrons. The molecule has 10 heteroatoms. The molecule has 0 bridgehead atoms. The maximum Gasteiger partial charge on any atom is 0.344 e. The lowest BCUT2D eigenvalue weighted by Gasteiger charge is -2.36. The number of ether oxygens (including phenoxy) is 6. The summed E-state index contributed by atoms with van der Waals surface area (Å²) in [6.07, 6.45) is 17.3. The predicted octanol–water partition coefficient (Wildman–Crippen LogP) is 11.6. The van der Waals surface area contributed by atoms with Gasteiger partial charge in [-0.1, -0.05) is 57.8 Å². The third-order valence-corrected chi connectivity index (χ3v) is 15.4. The molecule has 0 amide bonds. The molecule has 0 aromatic heterocycles. The van der Waals surface area contributed by atoms with Crippen LogP contribution in [-0.2, 0) is 39.5 Å². The van der Waals surface area contributed by atoms with Crippen LogP contribution in [-0.4, -0.2) is 54.5 Å². The van der Waals surface area contributed by atoms with E-state index in [2.05, 4.69) is 0 Å². The van der Waals surface area contributed by atoms with Gasteiger partial charge >= 0.3 is 17.9 Å². The maximum atomic E-state index is 12.9. The molecule has 3 aliphatic carbocycles. The fourth-order valence-corrected chi connectivity index (χ4v) is 11.5. The fraction of sp³-hybridized carbons (Fsp3) is 0.588. The van der Waals surface area contributed by atoms with Gasteiger partial charge in [0.15, 0.2) is 34.5 Å². The van der Waals surface area contributed by atoms with E-state index in [1.165, 1.54) is 57.8 Å². The lowest BCUT2D eigenvalue weighted by atomic mass is 9.79. The van der Waals surface area contributed by atoms with Gasteiger partial charge in [-0.3, -0.25) is 0 Å². The van der Waals surface area contributed by atoms with E-state index in [9.17, 15) is 14.4 Å². The SMILES string of the molecule is CC(C)(OC(=O)COc1ccc([S+](c2ccc(OCC(=O)OC(C)(C)C3CCCCC3)cc2)c2ccc(OCC(=O)OC(C)(C)C3CCCCC3)cc2)cc1)C1CCCCC1. The van der Waals surface area contributed by atoms with Gasteiger partial charge in [-0.15, -0.1) is 0 Å². The standard InChI is InChI=1S/C51H69O9S/c1-49(2,37-16-10-7-11-17-37)58-46(52)34-55-40-22-28-43(29-23-40)61(44-30-24-41(25-31-44)56-35-47(53)59-50(3,4)38-18-12-8-13-19-38)45-32-26-42(27-33-45)57-36-48(54)60-51(5,6)39-20-14-9-15-21-39/h22-33,37-39H,7-21,34-36H2,1-6H3/q+1. The maximum absolute atomic E-state index is 12.9. The van der Waals surface area contributed by atoms with E-state index in [-0.39, 0.29) is 37.7 Å². The molecule has 6 rings (SSSR count). The first-order valence-electron chi connectivity index (χ1n) is 22.8. The van der Waals surface area contributed by atoms with Gasteiger partial charge in [-0.25, -0.2) is 14.4 Å². The van der Waals surface area contributed by atoms with Crippen molar-refractivity contribution >= 4 is 28.8 Å². The largest absolute Gasteiger partial charge is 0.482 e. The lowest BCUT2D eigenvalue weighted by Crippen LogP contribution is -2.39. The molecule has 3 aromatic carbocycles. The normalized spacial score (nSPS) is 17.4. The summed E-state index contributed by atoms with van der Waals surface area (Å²) in [4.78, 5) is 41.7. The van der Waals surface area contributed by atoms with Crippen LogP contribution in [0.15, 0.2) is 87.5 Å². The minimum atomic E-state index is -0.568. The number of carbonyl (C=O) groups excluding carboxylic acids is 3. The van der Waals surface area contributed by atoms with E-state index in [4.69, 9.17) is 28.4 Å². The van der Waals surface area contributed by atoms with Gasteiger partial charge in [0.1, 0.15) is 34.1 Å². The molecule has 9 nitrogen and oxygen atoms in total. The molecule has 0 saturated heterocycles. The molecule has 0 spiro atoms. The van der Waals surface area contributed by atoms with Crippen LogP contribution in [0.2, 0.25) is 0 Å². The van der Waals surface area contributed by atoms with Gasteiger partial charge in [0, 0.05) is 0 Å². The van der Waals surface area contributed by atoms with Crippen LogP contribution in [0.3, 0.4) is 0 Å². The average Bonchev–Trinajstić information content (AvgIpc) is 3.26. The first-order chi connectivity index (χ1) is 29.2. The summed E-state index contributed by atoms with van der Waals surface area (Å²) in [7, 11) is -0.568. The number of esters is 3. The average molecular weight is 858 g/mol. The van der Waals surface area contributed by atoms with Gasteiger partial charge < -0.3 is 28.4 Å². The monoisotopic (exact) mass is 857 g/mol. The zero-order valence-electron chi connectivity index (χ0n) is 37.5. The molecule has 0 radical (unpaired) electrons. The van der Waals surface area contributed by atoms with Crippen molar-refractivity contribution in [3.05, 3.63) is 72.8 Å². The Morgan fingerprint density at radius 3 is 0.869 bits per heavy atom. The van der Waals surface area contributed by atoms with E-state index >= 15 is 0 Å². The second kappa shape index (κ2) is 21.3. The minimum absolute atomic E-state index is 0.165. The van der Waals surface area contributed by atoms with Crippen molar-refractivity contribution in [1.29, 1.82) is 0 Å². The molecule has 0 heterocycles. The van der Waals surface area contributed by atoms with Crippen molar-refractivity contribution in [2.75, 3.05) is 19.8 Å². The van der Waals surface area contributed by atoms with Crippen LogP contribution in [0, 0.1) is 17.8 Å². The van der Waals surface area contributed by atoms with Crippen molar-refractivity contribution in [1.82, 2.24) is 0 Å². The van der Waals surface area contributed by atoms with Gasteiger partial charge in [-0.05, 0) is 171 Å². The molecule has 3 aromatic rings. The number of benzene rings is 3. The smallest absolute Gasteiger partial charge is 0.344 e. The molecule has 0 N–H and O–H groups in total. The van der Waals surface area contributed by atoms with Gasteiger partial charge in [0.05, 0.1) is 10.9 Å². The third-order valence-electron chi connectivity index (χ3n) is 13.1. The van der Waals surface area contributed by atoms with Crippen molar-refractivity contribution < 1.29 is 42.8 Å². The third kappa shape index (κ3) is 13.4. The predicted molar refractivity (Wildman–Crippen MR) is 238 cm³/mol. The Balaban J connectivity index is 1.11. The molecular weight excluding hydrogens is 789 g/mol. The fourth-order valence-electron chi connectivity index (χ4n) is 9.46. The van der Waals surface area contributed by atoms with Crippen LogP contribution in [0.25, 0.3) is 0 Å². The highest BCUT2D eigenvalue weighted by atomic mass is 32.2. The summed E-state index contributed by atoms with van der Waals surface area (Å²) in [5.74, 6) is 1.71. The van der Waals surface area contributed by atoms with Crippen LogP contribution >= 0.6 is 0 Å². The molecule has 3 fully saturated rings. The molecule has 3 saturated carbocycles. The zero-order valence-corrected chi connectivity index (χ0v) is 38.3. The molecular formula is C51H69O9S+. The highest BCUT2D eigenvalue weighted by molar-refractivity contribution is 7.97. The summed E-state index contributed by atoms with van der Waals surface area (Å²) in [5.41, 5.74) is -1.57. The van der Waals surface area contributed by atoms with Gasteiger partial charge in [0.25, 0.3) is 0 Å².